The van der Waals surface area contributed by atoms with Gasteiger partial charge in [0, 0.05) is 32.0 Å². The minimum atomic E-state index is -0.358. The van der Waals surface area contributed by atoms with E-state index >= 15 is 0 Å². The first kappa shape index (κ1) is 32.4. The highest BCUT2D eigenvalue weighted by Gasteiger charge is 2.29. The van der Waals surface area contributed by atoms with Crippen molar-refractivity contribution in [3.05, 3.63) is 81.5 Å². The molecule has 1 atom stereocenters. The van der Waals surface area contributed by atoms with Crippen LogP contribution in [-0.2, 0) is 22.4 Å². The summed E-state index contributed by atoms with van der Waals surface area (Å²) in [6.07, 6.45) is 4.99. The van der Waals surface area contributed by atoms with Crippen LogP contribution in [-0.4, -0.2) is 46.2 Å². The predicted octanol–water partition coefficient (Wildman–Crippen LogP) is 5.19. The Kier molecular flexibility index (Phi) is 11.6. The molecule has 0 bridgehead atoms. The number of anilines is 1. The summed E-state index contributed by atoms with van der Waals surface area (Å²) >= 11 is 0. The molecule has 3 aromatic carbocycles. The molecule has 0 saturated heterocycles. The number of hydrogen-bond acceptors (Lipinski definition) is 7. The standard InChI is InChI=1S/C35H43N3O6/c1-23(39)38-28-16-14-25-21-31(42-2)34(43-3)35(44-4)33(25)26-15-17-29(30(40)22-27(26)28)36-19-10-6-9-13-32(41)37-20-18-24-11-7-5-8-12-24/h5,7-8,11-12,15,17,21-22,28H,6,9-10,13-14,16,18-20H2,1-4H3,(H,36,40)(H,37,41)(H,38,39)/t28-/m0/s1. The number of fused-ring (bicyclic) bond motifs is 3. The van der Waals surface area contributed by atoms with Gasteiger partial charge in [-0.05, 0) is 72.6 Å². The molecule has 4 rings (SSSR count). The molecule has 0 saturated carbocycles. The van der Waals surface area contributed by atoms with Crippen molar-refractivity contribution in [2.75, 3.05) is 39.7 Å². The van der Waals surface area contributed by atoms with Crippen LogP contribution in [0.3, 0.4) is 0 Å². The number of carbonyl (C=O) groups excluding carboxylic acids is 2. The maximum atomic E-state index is 13.4. The molecule has 9 heteroatoms. The van der Waals surface area contributed by atoms with Crippen molar-refractivity contribution in [3.63, 3.8) is 0 Å². The zero-order valence-electron chi connectivity index (χ0n) is 26.1. The van der Waals surface area contributed by atoms with Crippen LogP contribution in [0.15, 0.2) is 59.4 Å². The number of nitrogens with one attached hydrogen (secondary N) is 3. The Hall–Kier alpha value is -4.53. The van der Waals surface area contributed by atoms with Crippen LogP contribution in [0, 0.1) is 0 Å². The van der Waals surface area contributed by atoms with E-state index in [1.165, 1.54) is 12.5 Å². The molecule has 0 spiro atoms. The molecule has 0 radical (unpaired) electrons. The Morgan fingerprint density at radius 2 is 1.66 bits per heavy atom. The van der Waals surface area contributed by atoms with Crippen molar-refractivity contribution < 1.29 is 23.8 Å². The molecular formula is C35H43N3O6. The van der Waals surface area contributed by atoms with E-state index in [2.05, 4.69) is 28.1 Å². The molecule has 1 aliphatic rings. The lowest BCUT2D eigenvalue weighted by molar-refractivity contribution is -0.121. The quantitative estimate of drug-likeness (QED) is 0.218. The molecule has 0 unspecified atom stereocenters. The first-order valence-corrected chi connectivity index (χ1v) is 15.2. The van der Waals surface area contributed by atoms with Gasteiger partial charge in [-0.2, -0.15) is 0 Å². The molecule has 3 N–H and O–H groups in total. The molecule has 0 fully saturated rings. The fraction of sp³-hybridized carbons (Fsp3) is 0.400. The van der Waals surface area contributed by atoms with Crippen molar-refractivity contribution in [3.8, 4) is 28.4 Å². The average molecular weight is 602 g/mol. The summed E-state index contributed by atoms with van der Waals surface area (Å²) in [5.41, 5.74) is 4.82. The van der Waals surface area contributed by atoms with Gasteiger partial charge >= 0.3 is 0 Å². The molecule has 3 aromatic rings. The molecule has 44 heavy (non-hydrogen) atoms. The van der Waals surface area contributed by atoms with Gasteiger partial charge < -0.3 is 30.2 Å². The minimum absolute atomic E-state index is 0.0611. The molecule has 0 aliphatic heterocycles. The first-order valence-electron chi connectivity index (χ1n) is 15.2. The summed E-state index contributed by atoms with van der Waals surface area (Å²) in [6, 6.07) is 17.0. The molecule has 1 aliphatic carbocycles. The fourth-order valence-corrected chi connectivity index (χ4v) is 5.74. The summed E-state index contributed by atoms with van der Waals surface area (Å²) in [5.74, 6) is 1.43. The second-order valence-electron chi connectivity index (χ2n) is 10.9. The summed E-state index contributed by atoms with van der Waals surface area (Å²) < 4.78 is 17.1. The highest BCUT2D eigenvalue weighted by Crippen LogP contribution is 2.50. The summed E-state index contributed by atoms with van der Waals surface area (Å²) in [4.78, 5) is 37.8. The van der Waals surface area contributed by atoms with Crippen LogP contribution in [0.5, 0.6) is 17.2 Å². The Labute approximate surface area is 259 Å². The van der Waals surface area contributed by atoms with Gasteiger partial charge in [0.25, 0.3) is 0 Å². The first-order chi connectivity index (χ1) is 21.4. The second-order valence-corrected chi connectivity index (χ2v) is 10.9. The van der Waals surface area contributed by atoms with E-state index in [1.807, 2.05) is 30.3 Å². The number of hydrogen-bond donors (Lipinski definition) is 3. The van der Waals surface area contributed by atoms with E-state index in [0.29, 0.717) is 55.3 Å². The highest BCUT2D eigenvalue weighted by atomic mass is 16.5. The van der Waals surface area contributed by atoms with Crippen molar-refractivity contribution in [2.24, 2.45) is 0 Å². The van der Waals surface area contributed by atoms with Gasteiger partial charge in [0.15, 0.2) is 11.5 Å². The zero-order valence-corrected chi connectivity index (χ0v) is 26.1. The van der Waals surface area contributed by atoms with Crippen LogP contribution in [0.25, 0.3) is 11.1 Å². The highest BCUT2D eigenvalue weighted by molar-refractivity contribution is 5.83. The van der Waals surface area contributed by atoms with Gasteiger partial charge in [0.1, 0.15) is 0 Å². The summed E-state index contributed by atoms with van der Waals surface area (Å²) in [5, 5.41) is 9.30. The maximum Gasteiger partial charge on any atom is 0.220 e. The molecule has 2 amide bonds. The van der Waals surface area contributed by atoms with Crippen LogP contribution in [0.1, 0.15) is 61.8 Å². The van der Waals surface area contributed by atoms with Crippen molar-refractivity contribution in [1.29, 1.82) is 0 Å². The predicted molar refractivity (Wildman–Crippen MR) is 173 cm³/mol. The lowest BCUT2D eigenvalue weighted by Gasteiger charge is -2.19. The lowest BCUT2D eigenvalue weighted by atomic mass is 9.95. The van der Waals surface area contributed by atoms with Gasteiger partial charge in [-0.15, -0.1) is 0 Å². The number of carbonyl (C=O) groups is 2. The maximum absolute atomic E-state index is 13.4. The van der Waals surface area contributed by atoms with Crippen molar-refractivity contribution >= 4 is 17.5 Å². The number of rotatable bonds is 14. The smallest absolute Gasteiger partial charge is 0.220 e. The number of ether oxygens (including phenoxy) is 3. The van der Waals surface area contributed by atoms with Crippen LogP contribution < -0.4 is 35.6 Å². The van der Waals surface area contributed by atoms with E-state index in [1.54, 1.807) is 33.5 Å². The second kappa shape index (κ2) is 15.8. The van der Waals surface area contributed by atoms with Crippen LogP contribution in [0.2, 0.25) is 0 Å². The van der Waals surface area contributed by atoms with Gasteiger partial charge in [0.2, 0.25) is 23.0 Å². The summed E-state index contributed by atoms with van der Waals surface area (Å²) in [6.45, 7) is 2.71. The SMILES string of the molecule is COc1cc2c(c(OC)c1OC)-c1ccc(NCCCCCC(=O)NCCc3ccccc3)c(=O)cc1[C@@H](NC(C)=O)CC2. The number of methoxy groups -OCH3 is 3. The van der Waals surface area contributed by atoms with Gasteiger partial charge in [0.05, 0.1) is 33.1 Å². The van der Waals surface area contributed by atoms with E-state index < -0.39 is 0 Å². The van der Waals surface area contributed by atoms with E-state index in [0.717, 1.165) is 47.9 Å². The largest absolute Gasteiger partial charge is 0.493 e. The minimum Gasteiger partial charge on any atom is -0.493 e. The van der Waals surface area contributed by atoms with Gasteiger partial charge in [-0.1, -0.05) is 42.8 Å². The Balaban J connectivity index is 1.44. The molecule has 0 heterocycles. The molecule has 9 nitrogen and oxygen atoms in total. The normalized spacial score (nSPS) is 13.5. The van der Waals surface area contributed by atoms with Gasteiger partial charge in [-0.25, -0.2) is 0 Å². The third-order valence-corrected chi connectivity index (χ3v) is 7.89. The number of benzene rings is 2. The Morgan fingerprint density at radius 1 is 0.886 bits per heavy atom. The fourth-order valence-electron chi connectivity index (χ4n) is 5.74. The van der Waals surface area contributed by atoms with Crippen LogP contribution >= 0.6 is 0 Å². The Morgan fingerprint density at radius 3 is 2.36 bits per heavy atom. The monoisotopic (exact) mass is 601 g/mol. The number of amides is 2. The Bertz CT molecular complexity index is 1510. The third-order valence-electron chi connectivity index (χ3n) is 7.89. The summed E-state index contributed by atoms with van der Waals surface area (Å²) in [7, 11) is 4.72. The van der Waals surface area contributed by atoms with Crippen molar-refractivity contribution in [1.82, 2.24) is 10.6 Å². The molecule has 234 valence electrons. The van der Waals surface area contributed by atoms with Crippen molar-refractivity contribution in [2.45, 2.75) is 57.9 Å². The lowest BCUT2D eigenvalue weighted by Crippen LogP contribution is -2.26. The molecule has 0 aromatic heterocycles. The third kappa shape index (κ3) is 8.09. The molecular weight excluding hydrogens is 558 g/mol. The van der Waals surface area contributed by atoms with Crippen LogP contribution in [0.4, 0.5) is 5.69 Å². The average Bonchev–Trinajstić information content (AvgIpc) is 3.26. The topological polar surface area (TPSA) is 115 Å². The van der Waals surface area contributed by atoms with E-state index in [4.69, 9.17) is 14.2 Å². The van der Waals surface area contributed by atoms with E-state index in [-0.39, 0.29) is 23.3 Å². The zero-order chi connectivity index (χ0) is 31.5. The van der Waals surface area contributed by atoms with E-state index in [9.17, 15) is 14.4 Å². The number of unbranched alkanes of at least 4 members (excludes halogenated alkanes) is 2. The van der Waals surface area contributed by atoms with Gasteiger partial charge in [-0.3, -0.25) is 14.4 Å². The number of aryl methyl sites for hydroxylation is 1.